The summed E-state index contributed by atoms with van der Waals surface area (Å²) in [5.41, 5.74) is 2.19. The van der Waals surface area contributed by atoms with Crippen molar-refractivity contribution in [3.63, 3.8) is 0 Å². The average molecular weight is 348 g/mol. The van der Waals surface area contributed by atoms with Crippen LogP contribution in [0.2, 0.25) is 0 Å². The molecule has 0 unspecified atom stereocenters. The Balaban J connectivity index is 2.02. The molecule has 1 heterocycles. The number of aromatic nitrogens is 1. The minimum absolute atomic E-state index is 0.107. The third-order valence-corrected chi connectivity index (χ3v) is 4.48. The van der Waals surface area contributed by atoms with Crippen LogP contribution >= 0.6 is 27.7 Å². The molecule has 2 rings (SSSR count). The zero-order valence-corrected chi connectivity index (χ0v) is 13.2. The lowest BCUT2D eigenvalue weighted by atomic mass is 10.1. The molecule has 4 heteroatoms. The minimum atomic E-state index is 0.107. The van der Waals surface area contributed by atoms with Crippen LogP contribution in [0.5, 0.6) is 0 Å². The normalized spacial score (nSPS) is 9.90. The van der Waals surface area contributed by atoms with Gasteiger partial charge in [0, 0.05) is 28.4 Å². The highest BCUT2D eigenvalue weighted by molar-refractivity contribution is 9.10. The Kier molecular flexibility index (Phi) is 6.13. The fraction of sp³-hybridized carbons (Fsp3) is 0.188. The molecule has 0 fully saturated rings. The first-order valence-corrected chi connectivity index (χ1v) is 7.99. The third-order valence-electron chi connectivity index (χ3n) is 2.50. The van der Waals surface area contributed by atoms with E-state index in [2.05, 4.69) is 44.9 Å². The van der Waals surface area contributed by atoms with Crippen molar-refractivity contribution >= 4 is 27.7 Å². The molecular formula is C16H14BrNOS. The number of hydrogen-bond donors (Lipinski definition) is 1. The van der Waals surface area contributed by atoms with Gasteiger partial charge < -0.3 is 5.11 Å². The van der Waals surface area contributed by atoms with Crippen molar-refractivity contribution in [2.75, 3.05) is 6.61 Å². The molecule has 0 atom stereocenters. The maximum atomic E-state index is 8.72. The van der Waals surface area contributed by atoms with Crippen molar-refractivity contribution in [2.45, 2.75) is 17.2 Å². The van der Waals surface area contributed by atoms with Gasteiger partial charge in [-0.25, -0.2) is 4.98 Å². The maximum absolute atomic E-state index is 8.72. The molecule has 2 aromatic rings. The van der Waals surface area contributed by atoms with Gasteiger partial charge in [-0.3, -0.25) is 0 Å². The molecule has 2 nitrogen and oxygen atoms in total. The van der Waals surface area contributed by atoms with Gasteiger partial charge in [0.15, 0.2) is 0 Å². The number of rotatable bonds is 4. The molecule has 20 heavy (non-hydrogen) atoms. The van der Waals surface area contributed by atoms with Crippen molar-refractivity contribution in [1.29, 1.82) is 0 Å². The van der Waals surface area contributed by atoms with E-state index in [0.717, 1.165) is 20.8 Å². The van der Waals surface area contributed by atoms with Crippen LogP contribution in [0.15, 0.2) is 52.1 Å². The van der Waals surface area contributed by atoms with E-state index >= 15 is 0 Å². The summed E-state index contributed by atoms with van der Waals surface area (Å²) >= 11 is 5.19. The van der Waals surface area contributed by atoms with E-state index in [1.165, 1.54) is 5.56 Å². The number of hydrogen-bond acceptors (Lipinski definition) is 3. The Morgan fingerprint density at radius 3 is 2.95 bits per heavy atom. The number of halogens is 1. The number of benzene rings is 1. The van der Waals surface area contributed by atoms with E-state index in [1.807, 2.05) is 24.3 Å². The largest absolute Gasteiger partial charge is 0.395 e. The smallest absolute Gasteiger partial charge is 0.110 e. The molecule has 0 radical (unpaired) electrons. The molecule has 0 aliphatic rings. The molecule has 0 saturated heterocycles. The Labute approximate surface area is 131 Å². The molecule has 0 amide bonds. The van der Waals surface area contributed by atoms with Crippen LogP contribution in [0.4, 0.5) is 0 Å². The average Bonchev–Trinajstić information content (AvgIpc) is 2.47. The Morgan fingerprint density at radius 2 is 2.15 bits per heavy atom. The molecular weight excluding hydrogens is 334 g/mol. The molecule has 0 aliphatic carbocycles. The predicted molar refractivity (Wildman–Crippen MR) is 86.5 cm³/mol. The minimum Gasteiger partial charge on any atom is -0.395 e. The third kappa shape index (κ3) is 4.68. The fourth-order valence-corrected chi connectivity index (χ4v) is 3.01. The lowest BCUT2D eigenvalue weighted by Crippen LogP contribution is -1.86. The van der Waals surface area contributed by atoms with Gasteiger partial charge in [0.25, 0.3) is 0 Å². The lowest BCUT2D eigenvalue weighted by molar-refractivity contribution is 0.305. The van der Waals surface area contributed by atoms with Crippen LogP contribution < -0.4 is 0 Å². The molecule has 0 aliphatic heterocycles. The second-order valence-electron chi connectivity index (χ2n) is 4.05. The predicted octanol–water partition coefficient (Wildman–Crippen LogP) is 3.87. The first-order chi connectivity index (χ1) is 9.79. The summed E-state index contributed by atoms with van der Waals surface area (Å²) in [4.78, 5) is 4.34. The first-order valence-electron chi connectivity index (χ1n) is 6.21. The standard InChI is InChI=1S/C16H14BrNOS/c17-15-8-4-9-18-16(15)20-12-14-7-3-6-13(11-14)5-1-2-10-19/h3-4,6-9,11,19H,2,10,12H2. The zero-order valence-electron chi connectivity index (χ0n) is 10.8. The van der Waals surface area contributed by atoms with Crippen molar-refractivity contribution in [3.8, 4) is 11.8 Å². The number of aliphatic hydroxyl groups excluding tert-OH is 1. The fourth-order valence-electron chi connectivity index (χ4n) is 1.59. The number of thioether (sulfide) groups is 1. The Bertz CT molecular complexity index is 634. The Morgan fingerprint density at radius 1 is 1.25 bits per heavy atom. The van der Waals surface area contributed by atoms with Crippen molar-refractivity contribution in [3.05, 3.63) is 58.2 Å². The van der Waals surface area contributed by atoms with Gasteiger partial charge in [0.2, 0.25) is 0 Å². The van der Waals surface area contributed by atoms with Crippen LogP contribution in [-0.2, 0) is 5.75 Å². The van der Waals surface area contributed by atoms with E-state index in [9.17, 15) is 0 Å². The molecule has 1 aromatic carbocycles. The van der Waals surface area contributed by atoms with Gasteiger partial charge in [-0.1, -0.05) is 24.0 Å². The SMILES string of the molecule is OCCC#Cc1cccc(CSc2ncccc2Br)c1. The summed E-state index contributed by atoms with van der Waals surface area (Å²) in [6.07, 6.45) is 2.31. The van der Waals surface area contributed by atoms with Gasteiger partial charge in [-0.15, -0.1) is 11.8 Å². The highest BCUT2D eigenvalue weighted by Crippen LogP contribution is 2.27. The summed E-state index contributed by atoms with van der Waals surface area (Å²) in [5, 5.41) is 9.71. The van der Waals surface area contributed by atoms with Crippen LogP contribution in [0.1, 0.15) is 17.5 Å². The van der Waals surface area contributed by atoms with Crippen LogP contribution in [-0.4, -0.2) is 16.7 Å². The highest BCUT2D eigenvalue weighted by atomic mass is 79.9. The second kappa shape index (κ2) is 8.11. The summed E-state index contributed by atoms with van der Waals surface area (Å²) in [7, 11) is 0. The number of nitrogens with zero attached hydrogens (tertiary/aromatic N) is 1. The number of pyridine rings is 1. The number of aliphatic hydroxyl groups is 1. The van der Waals surface area contributed by atoms with E-state index < -0.39 is 0 Å². The van der Waals surface area contributed by atoms with Gasteiger partial charge in [-0.05, 0) is 45.8 Å². The summed E-state index contributed by atoms with van der Waals surface area (Å²) < 4.78 is 1.02. The van der Waals surface area contributed by atoms with E-state index in [0.29, 0.717) is 6.42 Å². The van der Waals surface area contributed by atoms with Crippen molar-refractivity contribution in [1.82, 2.24) is 4.98 Å². The van der Waals surface area contributed by atoms with Crippen LogP contribution in [0.3, 0.4) is 0 Å². The maximum Gasteiger partial charge on any atom is 0.110 e. The highest BCUT2D eigenvalue weighted by Gasteiger charge is 2.02. The van der Waals surface area contributed by atoms with E-state index in [4.69, 9.17) is 5.11 Å². The molecule has 0 saturated carbocycles. The summed E-state index contributed by atoms with van der Waals surface area (Å²) in [5.74, 6) is 6.84. The topological polar surface area (TPSA) is 33.1 Å². The molecule has 1 N–H and O–H groups in total. The van der Waals surface area contributed by atoms with E-state index in [1.54, 1.807) is 18.0 Å². The molecule has 1 aromatic heterocycles. The van der Waals surface area contributed by atoms with Gasteiger partial charge in [0.05, 0.1) is 6.61 Å². The molecule has 0 spiro atoms. The molecule has 102 valence electrons. The van der Waals surface area contributed by atoms with Gasteiger partial charge in [0.1, 0.15) is 5.03 Å². The zero-order chi connectivity index (χ0) is 14.2. The van der Waals surface area contributed by atoms with Gasteiger partial charge >= 0.3 is 0 Å². The van der Waals surface area contributed by atoms with Crippen molar-refractivity contribution < 1.29 is 5.11 Å². The van der Waals surface area contributed by atoms with Crippen LogP contribution in [0.25, 0.3) is 0 Å². The van der Waals surface area contributed by atoms with Gasteiger partial charge in [-0.2, -0.15) is 0 Å². The lowest BCUT2D eigenvalue weighted by Gasteiger charge is -2.03. The monoisotopic (exact) mass is 347 g/mol. The van der Waals surface area contributed by atoms with Crippen molar-refractivity contribution in [2.24, 2.45) is 0 Å². The summed E-state index contributed by atoms with van der Waals surface area (Å²) in [6.45, 7) is 0.107. The molecule has 0 bridgehead atoms. The quantitative estimate of drug-likeness (QED) is 0.673. The van der Waals surface area contributed by atoms with E-state index in [-0.39, 0.29) is 6.61 Å². The van der Waals surface area contributed by atoms with Crippen LogP contribution in [0, 0.1) is 11.8 Å². The first kappa shape index (κ1) is 15.1. The summed E-state index contributed by atoms with van der Waals surface area (Å²) in [6, 6.07) is 12.1. The second-order valence-corrected chi connectivity index (χ2v) is 5.87. The Hall–Kier alpha value is -1.28.